The maximum atomic E-state index is 15.1. The monoisotopic (exact) mass is 467 g/mol. The van der Waals surface area contributed by atoms with Crippen molar-refractivity contribution in [2.75, 3.05) is 13.1 Å². The topological polar surface area (TPSA) is 99.6 Å². The molecule has 0 N–H and O–H groups in total. The van der Waals surface area contributed by atoms with E-state index in [2.05, 4.69) is 19.9 Å². The Morgan fingerprint density at radius 1 is 1.03 bits per heavy atom. The second-order valence-electron chi connectivity index (χ2n) is 8.16. The molecule has 1 saturated heterocycles. The molecule has 0 saturated carbocycles. The van der Waals surface area contributed by atoms with Crippen LogP contribution in [0.15, 0.2) is 43.1 Å². The summed E-state index contributed by atoms with van der Waals surface area (Å²) in [7, 11) is 0. The van der Waals surface area contributed by atoms with E-state index < -0.39 is 5.82 Å². The van der Waals surface area contributed by atoms with Crippen LogP contribution < -0.4 is 9.47 Å². The summed E-state index contributed by atoms with van der Waals surface area (Å²) >= 11 is 0. The van der Waals surface area contributed by atoms with Crippen molar-refractivity contribution in [3.05, 3.63) is 54.5 Å². The second kappa shape index (κ2) is 10.4. The number of rotatable bonds is 6. The summed E-state index contributed by atoms with van der Waals surface area (Å²) in [6.45, 7) is 6.44. The number of carbonyl (C=O) groups is 1. The van der Waals surface area contributed by atoms with Gasteiger partial charge in [0, 0.05) is 50.1 Å². The lowest BCUT2D eigenvalue weighted by Crippen LogP contribution is -2.42. The first-order valence-electron chi connectivity index (χ1n) is 11.1. The minimum absolute atomic E-state index is 0.130. The highest BCUT2D eigenvalue weighted by molar-refractivity contribution is 5.68. The summed E-state index contributed by atoms with van der Waals surface area (Å²) in [6, 6.07) is 4.98. The van der Waals surface area contributed by atoms with Crippen LogP contribution in [0.5, 0.6) is 17.6 Å². The number of halogens is 1. The Hall–Kier alpha value is -3.82. The summed E-state index contributed by atoms with van der Waals surface area (Å²) in [5.74, 6) is -0.297. The lowest BCUT2D eigenvalue weighted by Gasteiger charge is -2.31. The highest BCUT2D eigenvalue weighted by atomic mass is 19.1. The van der Waals surface area contributed by atoms with Crippen molar-refractivity contribution in [3.63, 3.8) is 0 Å². The average Bonchev–Trinajstić information content (AvgIpc) is 2.83. The predicted octanol–water partition coefficient (Wildman–Crippen LogP) is 4.56. The summed E-state index contributed by atoms with van der Waals surface area (Å²) < 4.78 is 32.1. The van der Waals surface area contributed by atoms with E-state index in [-0.39, 0.29) is 30.1 Å². The molecule has 4 heterocycles. The molecule has 4 rings (SSSR count). The molecule has 0 spiro atoms. The van der Waals surface area contributed by atoms with Gasteiger partial charge in [-0.05, 0) is 44.5 Å². The summed E-state index contributed by atoms with van der Waals surface area (Å²) in [6.07, 6.45) is 6.62. The molecule has 1 fully saturated rings. The number of pyridine rings is 2. The number of ether oxygens (including phenoxy) is 3. The summed E-state index contributed by atoms with van der Waals surface area (Å²) in [4.78, 5) is 30.1. The number of hydrogen-bond donors (Lipinski definition) is 0. The van der Waals surface area contributed by atoms with Gasteiger partial charge in [-0.25, -0.2) is 24.1 Å². The number of nitrogens with zero attached hydrogens (tertiary/aromatic N) is 5. The van der Waals surface area contributed by atoms with Gasteiger partial charge in [0.05, 0.1) is 11.7 Å². The SMILES string of the molecule is Cc1c(Oc2nccc(-c3ccncc3)c2F)ncnc1OC1CCN(C(=O)OC(C)C)CC1. The molecule has 1 aliphatic heterocycles. The quantitative estimate of drug-likeness (QED) is 0.520. The fourth-order valence-corrected chi connectivity index (χ4v) is 3.57. The fourth-order valence-electron chi connectivity index (χ4n) is 3.57. The molecule has 0 radical (unpaired) electrons. The smallest absolute Gasteiger partial charge is 0.410 e. The van der Waals surface area contributed by atoms with E-state index in [9.17, 15) is 4.79 Å². The van der Waals surface area contributed by atoms with Gasteiger partial charge in [-0.1, -0.05) is 0 Å². The van der Waals surface area contributed by atoms with Crippen LogP contribution in [-0.2, 0) is 4.74 Å². The largest absolute Gasteiger partial charge is 0.474 e. The molecule has 178 valence electrons. The van der Waals surface area contributed by atoms with Crippen molar-refractivity contribution in [2.24, 2.45) is 0 Å². The molecule has 10 heteroatoms. The molecule has 0 unspecified atom stereocenters. The molecule has 3 aromatic heterocycles. The summed E-state index contributed by atoms with van der Waals surface area (Å²) in [5.41, 5.74) is 1.53. The number of hydrogen-bond acceptors (Lipinski definition) is 8. The Morgan fingerprint density at radius 2 is 1.74 bits per heavy atom. The molecule has 0 aromatic carbocycles. The molecule has 1 amide bonds. The van der Waals surface area contributed by atoms with Crippen LogP contribution in [0.1, 0.15) is 32.3 Å². The molecule has 3 aromatic rings. The molecular formula is C24H26FN5O4. The Balaban J connectivity index is 1.44. The fraction of sp³-hybridized carbons (Fsp3) is 0.375. The first-order valence-corrected chi connectivity index (χ1v) is 11.1. The van der Waals surface area contributed by atoms with E-state index in [0.717, 1.165) is 0 Å². The number of piperidine rings is 1. The third-order valence-electron chi connectivity index (χ3n) is 5.35. The minimum atomic E-state index is -0.602. The predicted molar refractivity (Wildman–Crippen MR) is 121 cm³/mol. The number of carbonyl (C=O) groups excluding carboxylic acids is 1. The third-order valence-corrected chi connectivity index (χ3v) is 5.35. The van der Waals surface area contributed by atoms with Crippen molar-refractivity contribution < 1.29 is 23.4 Å². The van der Waals surface area contributed by atoms with E-state index in [1.54, 1.807) is 42.4 Å². The summed E-state index contributed by atoms with van der Waals surface area (Å²) in [5, 5.41) is 0. The first-order chi connectivity index (χ1) is 16.4. The van der Waals surface area contributed by atoms with Gasteiger partial charge in [0.2, 0.25) is 11.8 Å². The van der Waals surface area contributed by atoms with Crippen LogP contribution in [0.3, 0.4) is 0 Å². The lowest BCUT2D eigenvalue weighted by atomic mass is 10.1. The number of likely N-dealkylation sites (tertiary alicyclic amines) is 1. The Morgan fingerprint density at radius 3 is 2.44 bits per heavy atom. The van der Waals surface area contributed by atoms with E-state index in [0.29, 0.717) is 48.5 Å². The van der Waals surface area contributed by atoms with Gasteiger partial charge in [-0.15, -0.1) is 0 Å². The van der Waals surface area contributed by atoms with Crippen molar-refractivity contribution in [1.82, 2.24) is 24.8 Å². The van der Waals surface area contributed by atoms with Gasteiger partial charge in [0.15, 0.2) is 5.82 Å². The van der Waals surface area contributed by atoms with Crippen LogP contribution in [-0.4, -0.2) is 56.2 Å². The highest BCUT2D eigenvalue weighted by Crippen LogP contribution is 2.32. The Kier molecular flexibility index (Phi) is 7.15. The lowest BCUT2D eigenvalue weighted by molar-refractivity contribution is 0.0505. The van der Waals surface area contributed by atoms with Crippen molar-refractivity contribution in [2.45, 2.75) is 45.8 Å². The highest BCUT2D eigenvalue weighted by Gasteiger charge is 2.26. The van der Waals surface area contributed by atoms with E-state index >= 15 is 4.39 Å². The van der Waals surface area contributed by atoms with E-state index in [1.165, 1.54) is 12.5 Å². The van der Waals surface area contributed by atoms with Crippen LogP contribution in [0.4, 0.5) is 9.18 Å². The maximum absolute atomic E-state index is 15.1. The van der Waals surface area contributed by atoms with Crippen LogP contribution in [0, 0.1) is 12.7 Å². The Labute approximate surface area is 196 Å². The van der Waals surface area contributed by atoms with Crippen LogP contribution >= 0.6 is 0 Å². The van der Waals surface area contributed by atoms with Crippen molar-refractivity contribution in [1.29, 1.82) is 0 Å². The molecule has 0 atom stereocenters. The third kappa shape index (κ3) is 5.38. The van der Waals surface area contributed by atoms with Gasteiger partial charge in [-0.3, -0.25) is 4.98 Å². The van der Waals surface area contributed by atoms with E-state index in [4.69, 9.17) is 14.2 Å². The average molecular weight is 468 g/mol. The molecule has 0 aliphatic carbocycles. The number of aromatic nitrogens is 4. The van der Waals surface area contributed by atoms with Crippen LogP contribution in [0.2, 0.25) is 0 Å². The van der Waals surface area contributed by atoms with Crippen molar-refractivity contribution >= 4 is 6.09 Å². The molecule has 0 bridgehead atoms. The zero-order chi connectivity index (χ0) is 24.1. The van der Waals surface area contributed by atoms with Gasteiger partial charge in [-0.2, -0.15) is 0 Å². The molecule has 34 heavy (non-hydrogen) atoms. The molecule has 9 nitrogen and oxygen atoms in total. The number of amides is 1. The second-order valence-corrected chi connectivity index (χ2v) is 8.16. The van der Waals surface area contributed by atoms with Crippen LogP contribution in [0.25, 0.3) is 11.1 Å². The normalized spacial score (nSPS) is 14.2. The van der Waals surface area contributed by atoms with Crippen molar-refractivity contribution in [3.8, 4) is 28.8 Å². The zero-order valence-electron chi connectivity index (χ0n) is 19.3. The van der Waals surface area contributed by atoms with E-state index in [1.807, 2.05) is 13.8 Å². The van der Waals surface area contributed by atoms with Gasteiger partial charge < -0.3 is 19.1 Å². The maximum Gasteiger partial charge on any atom is 0.410 e. The standard InChI is InChI=1S/C24H26FN5O4/c1-15(2)32-24(31)30-12-7-18(8-13-30)33-21-16(3)22(29-14-28-21)34-23-20(25)19(6-11-27-23)17-4-9-26-10-5-17/h4-6,9-11,14-15,18H,7-8,12-13H2,1-3H3. The zero-order valence-corrected chi connectivity index (χ0v) is 19.3. The van der Waals surface area contributed by atoms with Gasteiger partial charge >= 0.3 is 6.09 Å². The molecule has 1 aliphatic rings. The minimum Gasteiger partial charge on any atom is -0.474 e. The Bertz CT molecular complexity index is 1140. The van der Waals surface area contributed by atoms with Gasteiger partial charge in [0.1, 0.15) is 12.4 Å². The molecular weight excluding hydrogens is 441 g/mol. The van der Waals surface area contributed by atoms with Gasteiger partial charge in [0.25, 0.3) is 5.88 Å². The first kappa shape index (κ1) is 23.3.